The van der Waals surface area contributed by atoms with Crippen molar-refractivity contribution in [3.8, 4) is 0 Å². The maximum absolute atomic E-state index is 12.1. The van der Waals surface area contributed by atoms with Gasteiger partial charge in [0.1, 0.15) is 5.52 Å². The molecule has 1 amide bonds. The Morgan fingerprint density at radius 1 is 1.25 bits per heavy atom. The van der Waals surface area contributed by atoms with Gasteiger partial charge in [-0.1, -0.05) is 30.0 Å². The molecule has 1 aromatic heterocycles. The van der Waals surface area contributed by atoms with Crippen LogP contribution in [0.4, 0.5) is 0 Å². The summed E-state index contributed by atoms with van der Waals surface area (Å²) in [6, 6.07) is 13.7. The summed E-state index contributed by atoms with van der Waals surface area (Å²) >= 11 is 1.53. The zero-order valence-electron chi connectivity index (χ0n) is 14.0. The topological polar surface area (TPSA) is 55.1 Å². The molecule has 0 saturated carbocycles. The van der Waals surface area contributed by atoms with E-state index in [9.17, 15) is 4.79 Å². The molecule has 5 heteroatoms. The van der Waals surface area contributed by atoms with Crippen LogP contribution in [0.3, 0.4) is 0 Å². The number of fused-ring (bicyclic) bond motifs is 1. The molecule has 1 N–H and O–H groups in total. The van der Waals surface area contributed by atoms with E-state index in [0.717, 1.165) is 22.2 Å². The fourth-order valence-corrected chi connectivity index (χ4v) is 3.15. The lowest BCUT2D eigenvalue weighted by Crippen LogP contribution is -2.30. The van der Waals surface area contributed by atoms with Crippen molar-refractivity contribution in [2.75, 3.05) is 0 Å². The zero-order chi connectivity index (χ0) is 17.1. The van der Waals surface area contributed by atoms with Crippen molar-refractivity contribution in [3.63, 3.8) is 0 Å². The highest BCUT2D eigenvalue weighted by Gasteiger charge is 2.10. The SMILES string of the molecule is Cc1ccc2oc(SCc3cccc(C(=O)NC(C)C)c3)nc2c1. The van der Waals surface area contributed by atoms with Gasteiger partial charge in [-0.15, -0.1) is 0 Å². The van der Waals surface area contributed by atoms with Gasteiger partial charge in [-0.2, -0.15) is 0 Å². The van der Waals surface area contributed by atoms with Gasteiger partial charge in [0, 0.05) is 17.4 Å². The lowest BCUT2D eigenvalue weighted by atomic mass is 10.1. The molecule has 0 saturated heterocycles. The van der Waals surface area contributed by atoms with Gasteiger partial charge in [0.2, 0.25) is 0 Å². The number of benzene rings is 2. The lowest BCUT2D eigenvalue weighted by Gasteiger charge is -2.09. The first-order chi connectivity index (χ1) is 11.5. The number of nitrogens with zero attached hydrogens (tertiary/aromatic N) is 1. The summed E-state index contributed by atoms with van der Waals surface area (Å²) < 4.78 is 5.75. The number of hydrogen-bond donors (Lipinski definition) is 1. The van der Waals surface area contributed by atoms with E-state index >= 15 is 0 Å². The van der Waals surface area contributed by atoms with Crippen LogP contribution in [-0.2, 0) is 5.75 Å². The molecule has 0 aliphatic heterocycles. The minimum atomic E-state index is -0.0470. The summed E-state index contributed by atoms with van der Waals surface area (Å²) in [5.41, 5.74) is 4.58. The summed E-state index contributed by atoms with van der Waals surface area (Å²) in [5, 5.41) is 3.55. The molecule has 0 unspecified atom stereocenters. The van der Waals surface area contributed by atoms with E-state index in [-0.39, 0.29) is 11.9 Å². The second kappa shape index (κ2) is 7.09. The Hall–Kier alpha value is -2.27. The number of aromatic nitrogens is 1. The van der Waals surface area contributed by atoms with Crippen molar-refractivity contribution >= 4 is 28.8 Å². The number of nitrogens with one attached hydrogen (secondary N) is 1. The van der Waals surface area contributed by atoms with Crippen molar-refractivity contribution in [3.05, 3.63) is 59.2 Å². The average molecular weight is 340 g/mol. The molecular weight excluding hydrogens is 320 g/mol. The number of carbonyl (C=O) groups is 1. The van der Waals surface area contributed by atoms with E-state index in [1.165, 1.54) is 11.8 Å². The van der Waals surface area contributed by atoms with E-state index in [2.05, 4.69) is 10.3 Å². The summed E-state index contributed by atoms with van der Waals surface area (Å²) in [7, 11) is 0. The minimum Gasteiger partial charge on any atom is -0.431 e. The molecule has 1 heterocycles. The van der Waals surface area contributed by atoms with Crippen molar-refractivity contribution in [2.45, 2.75) is 37.8 Å². The maximum atomic E-state index is 12.1. The molecule has 24 heavy (non-hydrogen) atoms. The van der Waals surface area contributed by atoms with Crippen molar-refractivity contribution < 1.29 is 9.21 Å². The predicted molar refractivity (Wildman–Crippen MR) is 97.4 cm³/mol. The van der Waals surface area contributed by atoms with Gasteiger partial charge in [-0.25, -0.2) is 4.98 Å². The highest BCUT2D eigenvalue weighted by atomic mass is 32.2. The third-order valence-electron chi connectivity index (χ3n) is 3.49. The average Bonchev–Trinajstić information content (AvgIpc) is 2.94. The van der Waals surface area contributed by atoms with Crippen molar-refractivity contribution in [1.82, 2.24) is 10.3 Å². The van der Waals surface area contributed by atoms with Crippen LogP contribution in [0, 0.1) is 6.92 Å². The van der Waals surface area contributed by atoms with Gasteiger partial charge in [-0.3, -0.25) is 4.79 Å². The molecule has 0 radical (unpaired) electrons. The molecule has 0 fully saturated rings. The first kappa shape index (κ1) is 16.6. The molecule has 0 atom stereocenters. The van der Waals surface area contributed by atoms with Gasteiger partial charge in [0.05, 0.1) is 0 Å². The van der Waals surface area contributed by atoms with E-state index < -0.39 is 0 Å². The molecule has 0 bridgehead atoms. The van der Waals surface area contributed by atoms with Gasteiger partial charge >= 0.3 is 0 Å². The van der Waals surface area contributed by atoms with Crippen LogP contribution < -0.4 is 5.32 Å². The van der Waals surface area contributed by atoms with E-state index in [0.29, 0.717) is 16.5 Å². The Bertz CT molecular complexity index is 871. The fraction of sp³-hybridized carbons (Fsp3) is 0.263. The van der Waals surface area contributed by atoms with Crippen LogP contribution in [0.1, 0.15) is 35.3 Å². The number of aryl methyl sites for hydroxylation is 1. The zero-order valence-corrected chi connectivity index (χ0v) is 14.8. The summed E-state index contributed by atoms with van der Waals surface area (Å²) in [4.78, 5) is 16.6. The van der Waals surface area contributed by atoms with E-state index in [1.807, 2.05) is 63.2 Å². The lowest BCUT2D eigenvalue weighted by molar-refractivity contribution is 0.0943. The Morgan fingerprint density at radius 2 is 2.08 bits per heavy atom. The van der Waals surface area contributed by atoms with Crippen LogP contribution in [0.15, 0.2) is 52.1 Å². The maximum Gasteiger partial charge on any atom is 0.257 e. The molecule has 4 nitrogen and oxygen atoms in total. The van der Waals surface area contributed by atoms with Gasteiger partial charge in [-0.05, 0) is 56.2 Å². The number of carbonyl (C=O) groups excluding carboxylic acids is 1. The molecule has 124 valence electrons. The predicted octanol–water partition coefficient (Wildman–Crippen LogP) is 4.57. The van der Waals surface area contributed by atoms with Crippen LogP contribution >= 0.6 is 11.8 Å². The molecule has 0 aliphatic rings. The van der Waals surface area contributed by atoms with Gasteiger partial charge in [0.25, 0.3) is 11.1 Å². The number of amides is 1. The second-order valence-electron chi connectivity index (χ2n) is 6.07. The smallest absolute Gasteiger partial charge is 0.257 e. The largest absolute Gasteiger partial charge is 0.431 e. The van der Waals surface area contributed by atoms with Gasteiger partial charge in [0.15, 0.2) is 5.58 Å². The first-order valence-electron chi connectivity index (χ1n) is 7.91. The van der Waals surface area contributed by atoms with Crippen molar-refractivity contribution in [2.24, 2.45) is 0 Å². The van der Waals surface area contributed by atoms with E-state index in [1.54, 1.807) is 0 Å². The first-order valence-corrected chi connectivity index (χ1v) is 8.89. The summed E-state index contributed by atoms with van der Waals surface area (Å²) in [6.07, 6.45) is 0. The Balaban J connectivity index is 1.70. The second-order valence-corrected chi connectivity index (χ2v) is 6.99. The number of thioether (sulfide) groups is 1. The molecule has 0 spiro atoms. The number of rotatable bonds is 5. The third-order valence-corrected chi connectivity index (χ3v) is 4.39. The van der Waals surface area contributed by atoms with Gasteiger partial charge < -0.3 is 9.73 Å². The molecule has 3 rings (SSSR count). The van der Waals surface area contributed by atoms with Crippen LogP contribution in [0.25, 0.3) is 11.1 Å². The highest BCUT2D eigenvalue weighted by Crippen LogP contribution is 2.27. The summed E-state index contributed by atoms with van der Waals surface area (Å²) in [6.45, 7) is 5.94. The molecular formula is C19H20N2O2S. The van der Waals surface area contributed by atoms with Crippen LogP contribution in [0.5, 0.6) is 0 Å². The monoisotopic (exact) mass is 340 g/mol. The van der Waals surface area contributed by atoms with Crippen LogP contribution in [0.2, 0.25) is 0 Å². The molecule has 2 aromatic carbocycles. The molecule has 0 aliphatic carbocycles. The standard InChI is InChI=1S/C19H20N2O2S/c1-12(2)20-18(22)15-6-4-5-14(10-15)11-24-19-21-16-9-13(3)7-8-17(16)23-19/h4-10,12H,11H2,1-3H3,(H,20,22). The Morgan fingerprint density at radius 3 is 2.88 bits per heavy atom. The number of hydrogen-bond acceptors (Lipinski definition) is 4. The highest BCUT2D eigenvalue weighted by molar-refractivity contribution is 7.98. The molecule has 3 aromatic rings. The normalized spacial score (nSPS) is 11.2. The van der Waals surface area contributed by atoms with Crippen molar-refractivity contribution in [1.29, 1.82) is 0 Å². The van der Waals surface area contributed by atoms with Crippen LogP contribution in [-0.4, -0.2) is 16.9 Å². The Kier molecular flexibility index (Phi) is 4.90. The fourth-order valence-electron chi connectivity index (χ4n) is 2.37. The summed E-state index contributed by atoms with van der Waals surface area (Å²) in [5.74, 6) is 0.656. The Labute approximate surface area is 145 Å². The quantitative estimate of drug-likeness (QED) is 0.691. The van der Waals surface area contributed by atoms with E-state index in [4.69, 9.17) is 4.42 Å². The minimum absolute atomic E-state index is 0.0470. The number of oxazole rings is 1. The third kappa shape index (κ3) is 3.97.